The molecule has 0 saturated carbocycles. The zero-order valence-corrected chi connectivity index (χ0v) is 13.6. The smallest absolute Gasteiger partial charge is 0.416 e. The van der Waals surface area contributed by atoms with E-state index in [-0.39, 0.29) is 18.7 Å². The molecular formula is C19H18F3NO2. The van der Waals surface area contributed by atoms with Crippen molar-refractivity contribution in [3.05, 3.63) is 76.9 Å². The number of hydrogen-bond donors (Lipinski definition) is 1. The van der Waals surface area contributed by atoms with Crippen molar-refractivity contribution < 1.29 is 22.7 Å². The largest absolute Gasteiger partial charge is 0.445 e. The van der Waals surface area contributed by atoms with E-state index < -0.39 is 17.8 Å². The summed E-state index contributed by atoms with van der Waals surface area (Å²) in [6.45, 7) is 1.81. The van der Waals surface area contributed by atoms with Crippen molar-refractivity contribution >= 4 is 12.2 Å². The zero-order valence-electron chi connectivity index (χ0n) is 13.6. The number of hydrogen-bond acceptors (Lipinski definition) is 2. The molecule has 6 heteroatoms. The minimum atomic E-state index is -4.35. The Bertz CT molecular complexity index is 740. The number of amides is 1. The highest BCUT2D eigenvalue weighted by molar-refractivity contribution is 5.67. The maximum absolute atomic E-state index is 12.7. The number of carbonyl (C=O) groups excluding carboxylic acids is 1. The van der Waals surface area contributed by atoms with Crippen molar-refractivity contribution in [2.45, 2.75) is 19.7 Å². The summed E-state index contributed by atoms with van der Waals surface area (Å²) in [7, 11) is 0. The first-order valence-electron chi connectivity index (χ1n) is 7.65. The number of alkyl carbamates (subject to hydrolysis) is 1. The molecular weight excluding hydrogens is 331 g/mol. The number of benzene rings is 2. The lowest BCUT2D eigenvalue weighted by molar-refractivity contribution is -0.138. The van der Waals surface area contributed by atoms with E-state index in [0.717, 1.165) is 11.6 Å². The zero-order chi connectivity index (χ0) is 18.3. The van der Waals surface area contributed by atoms with Crippen LogP contribution in [0.25, 0.3) is 6.08 Å². The molecule has 0 aromatic heterocycles. The molecule has 0 bridgehead atoms. The SMILES string of the molecule is Cc1cc(C=CCNC(=O)OCc2ccccc2)ccc1C(F)(F)F. The summed E-state index contributed by atoms with van der Waals surface area (Å²) in [6.07, 6.45) is -1.62. The predicted molar refractivity (Wildman–Crippen MR) is 89.8 cm³/mol. The maximum Gasteiger partial charge on any atom is 0.416 e. The highest BCUT2D eigenvalue weighted by atomic mass is 19.4. The predicted octanol–water partition coefficient (Wildman–Crippen LogP) is 4.95. The van der Waals surface area contributed by atoms with Crippen LogP contribution in [0.4, 0.5) is 18.0 Å². The van der Waals surface area contributed by atoms with Gasteiger partial charge in [0.25, 0.3) is 0 Å². The Kier molecular flexibility index (Phi) is 6.22. The molecule has 0 aliphatic rings. The van der Waals surface area contributed by atoms with Gasteiger partial charge in [-0.1, -0.05) is 54.6 Å². The molecule has 1 N–H and O–H groups in total. The summed E-state index contributed by atoms with van der Waals surface area (Å²) in [5, 5.41) is 2.55. The van der Waals surface area contributed by atoms with Gasteiger partial charge in [0.1, 0.15) is 6.61 Å². The summed E-state index contributed by atoms with van der Waals surface area (Å²) in [6, 6.07) is 13.2. The first-order chi connectivity index (χ1) is 11.9. The fourth-order valence-electron chi connectivity index (χ4n) is 2.22. The molecule has 2 aromatic carbocycles. The van der Waals surface area contributed by atoms with E-state index >= 15 is 0 Å². The molecule has 132 valence electrons. The van der Waals surface area contributed by atoms with Gasteiger partial charge in [-0.25, -0.2) is 4.79 Å². The van der Waals surface area contributed by atoms with E-state index in [9.17, 15) is 18.0 Å². The highest BCUT2D eigenvalue weighted by Crippen LogP contribution is 2.32. The summed E-state index contributed by atoms with van der Waals surface area (Å²) >= 11 is 0. The van der Waals surface area contributed by atoms with Gasteiger partial charge in [-0.15, -0.1) is 0 Å². The van der Waals surface area contributed by atoms with Crippen molar-refractivity contribution in [3.63, 3.8) is 0 Å². The van der Waals surface area contributed by atoms with E-state index in [0.29, 0.717) is 5.56 Å². The molecule has 25 heavy (non-hydrogen) atoms. The molecule has 1 amide bonds. The van der Waals surface area contributed by atoms with Crippen molar-refractivity contribution in [2.24, 2.45) is 0 Å². The molecule has 0 atom stereocenters. The van der Waals surface area contributed by atoms with Crippen LogP contribution in [0.1, 0.15) is 22.3 Å². The summed E-state index contributed by atoms with van der Waals surface area (Å²) < 4.78 is 43.1. The van der Waals surface area contributed by atoms with Gasteiger partial charge in [-0.3, -0.25) is 0 Å². The summed E-state index contributed by atoms with van der Waals surface area (Å²) in [5.74, 6) is 0. The number of halogens is 3. The molecule has 2 rings (SSSR count). The Balaban J connectivity index is 1.79. The third-order valence-electron chi connectivity index (χ3n) is 3.44. The monoisotopic (exact) mass is 349 g/mol. The van der Waals surface area contributed by atoms with Crippen molar-refractivity contribution in [1.29, 1.82) is 0 Å². The molecule has 3 nitrogen and oxygen atoms in total. The first kappa shape index (κ1) is 18.6. The average molecular weight is 349 g/mol. The molecule has 0 heterocycles. The topological polar surface area (TPSA) is 38.3 Å². The summed E-state index contributed by atoms with van der Waals surface area (Å²) in [4.78, 5) is 11.5. The van der Waals surface area contributed by atoms with Crippen LogP contribution in [-0.4, -0.2) is 12.6 Å². The molecule has 0 radical (unpaired) electrons. The lowest BCUT2D eigenvalue weighted by Crippen LogP contribution is -2.24. The van der Waals surface area contributed by atoms with Crippen LogP contribution >= 0.6 is 0 Å². The van der Waals surface area contributed by atoms with Gasteiger partial charge >= 0.3 is 12.3 Å². The van der Waals surface area contributed by atoms with Crippen LogP contribution in [-0.2, 0) is 17.5 Å². The Morgan fingerprint density at radius 1 is 1.16 bits per heavy atom. The van der Waals surface area contributed by atoms with Crippen LogP contribution in [0.5, 0.6) is 0 Å². The Hall–Kier alpha value is -2.76. The Labute approximate surface area is 144 Å². The average Bonchev–Trinajstić information content (AvgIpc) is 2.57. The van der Waals surface area contributed by atoms with Crippen molar-refractivity contribution in [2.75, 3.05) is 6.54 Å². The number of rotatable bonds is 5. The fourth-order valence-corrected chi connectivity index (χ4v) is 2.22. The molecule has 0 saturated heterocycles. The van der Waals surface area contributed by atoms with Crippen molar-refractivity contribution in [1.82, 2.24) is 5.32 Å². The molecule has 2 aromatic rings. The van der Waals surface area contributed by atoms with E-state index in [2.05, 4.69) is 5.32 Å². The van der Waals surface area contributed by atoms with Gasteiger partial charge in [-0.2, -0.15) is 13.2 Å². The lowest BCUT2D eigenvalue weighted by atomic mass is 10.0. The normalized spacial score (nSPS) is 11.5. The minimum Gasteiger partial charge on any atom is -0.445 e. The Morgan fingerprint density at radius 3 is 2.52 bits per heavy atom. The van der Waals surface area contributed by atoms with E-state index in [1.807, 2.05) is 30.3 Å². The second kappa shape index (κ2) is 8.37. The molecule has 0 aliphatic heterocycles. The summed E-state index contributed by atoms with van der Waals surface area (Å²) in [5.41, 5.74) is 1.02. The third-order valence-corrected chi connectivity index (χ3v) is 3.44. The number of alkyl halides is 3. The minimum absolute atomic E-state index is 0.157. The van der Waals surface area contributed by atoms with Crippen LogP contribution < -0.4 is 5.32 Å². The molecule has 0 aliphatic carbocycles. The quantitative estimate of drug-likeness (QED) is 0.829. The molecule has 0 unspecified atom stereocenters. The van der Waals surface area contributed by atoms with Crippen LogP contribution in [0.2, 0.25) is 0 Å². The van der Waals surface area contributed by atoms with Gasteiger partial charge in [0.15, 0.2) is 0 Å². The third kappa shape index (κ3) is 5.99. The van der Waals surface area contributed by atoms with Crippen LogP contribution in [0, 0.1) is 6.92 Å². The van der Waals surface area contributed by atoms with Crippen LogP contribution in [0.15, 0.2) is 54.6 Å². The Morgan fingerprint density at radius 2 is 1.88 bits per heavy atom. The van der Waals surface area contributed by atoms with E-state index in [4.69, 9.17) is 4.74 Å². The van der Waals surface area contributed by atoms with Crippen molar-refractivity contribution in [3.8, 4) is 0 Å². The number of aryl methyl sites for hydroxylation is 1. The van der Waals surface area contributed by atoms with Gasteiger partial charge in [0.2, 0.25) is 0 Å². The second-order valence-corrected chi connectivity index (χ2v) is 5.42. The van der Waals surface area contributed by atoms with Gasteiger partial charge in [-0.05, 0) is 29.7 Å². The van der Waals surface area contributed by atoms with E-state index in [1.54, 1.807) is 12.2 Å². The fraction of sp³-hybridized carbons (Fsp3) is 0.211. The van der Waals surface area contributed by atoms with Gasteiger partial charge < -0.3 is 10.1 Å². The lowest BCUT2D eigenvalue weighted by Gasteiger charge is -2.10. The molecule has 0 spiro atoms. The maximum atomic E-state index is 12.7. The van der Waals surface area contributed by atoms with E-state index in [1.165, 1.54) is 19.1 Å². The number of carbonyl (C=O) groups is 1. The van der Waals surface area contributed by atoms with Crippen LogP contribution in [0.3, 0.4) is 0 Å². The van der Waals surface area contributed by atoms with Gasteiger partial charge in [0.05, 0.1) is 5.56 Å². The first-order valence-corrected chi connectivity index (χ1v) is 7.65. The number of nitrogens with one attached hydrogen (secondary N) is 1. The molecule has 0 fully saturated rings. The standard InChI is InChI=1S/C19H18F3NO2/c1-14-12-15(9-10-17(14)19(20,21)22)8-5-11-23-18(24)25-13-16-6-3-2-4-7-16/h2-10,12H,11,13H2,1H3,(H,23,24). The second-order valence-electron chi connectivity index (χ2n) is 5.42. The van der Waals surface area contributed by atoms with Gasteiger partial charge in [0, 0.05) is 6.54 Å². The number of ether oxygens (including phenoxy) is 1. The highest BCUT2D eigenvalue weighted by Gasteiger charge is 2.31.